The molecular formula is C10H24O6P2. The fourth-order valence-corrected chi connectivity index (χ4v) is 7.54. The molecule has 8 heteroatoms. The zero-order chi connectivity index (χ0) is 14.8. The van der Waals surface area contributed by atoms with Crippen LogP contribution in [0.2, 0.25) is 0 Å². The van der Waals surface area contributed by atoms with E-state index in [0.29, 0.717) is 19.3 Å². The molecule has 18 heavy (non-hydrogen) atoms. The van der Waals surface area contributed by atoms with Gasteiger partial charge < -0.3 is 19.6 Å². The molecule has 6 nitrogen and oxygen atoms in total. The first kappa shape index (κ1) is 18.3. The van der Waals surface area contributed by atoms with Gasteiger partial charge in [0.1, 0.15) is 0 Å². The van der Waals surface area contributed by atoms with Crippen molar-refractivity contribution in [3.8, 4) is 0 Å². The maximum Gasteiger partial charge on any atom is 0.344 e. The molecule has 0 saturated carbocycles. The van der Waals surface area contributed by atoms with Gasteiger partial charge >= 0.3 is 15.2 Å². The van der Waals surface area contributed by atoms with Gasteiger partial charge in [0.25, 0.3) is 0 Å². The lowest BCUT2D eigenvalue weighted by Crippen LogP contribution is -2.46. The maximum absolute atomic E-state index is 11.9. The first-order valence-electron chi connectivity index (χ1n) is 6.11. The molecule has 0 heterocycles. The van der Waals surface area contributed by atoms with E-state index in [1.165, 1.54) is 6.92 Å². The van der Waals surface area contributed by atoms with E-state index in [0.717, 1.165) is 0 Å². The summed E-state index contributed by atoms with van der Waals surface area (Å²) in [6.07, 6.45) is 0.676. The lowest BCUT2D eigenvalue weighted by Gasteiger charge is -2.49. The van der Waals surface area contributed by atoms with E-state index in [-0.39, 0.29) is 6.42 Å². The van der Waals surface area contributed by atoms with Crippen molar-refractivity contribution in [3.63, 3.8) is 0 Å². The zero-order valence-electron chi connectivity index (χ0n) is 11.3. The van der Waals surface area contributed by atoms with Crippen LogP contribution >= 0.6 is 15.2 Å². The van der Waals surface area contributed by atoms with E-state index in [1.807, 2.05) is 0 Å². The van der Waals surface area contributed by atoms with Crippen LogP contribution < -0.4 is 0 Å². The molecule has 0 aliphatic rings. The second-order valence-electron chi connectivity index (χ2n) is 4.60. The Bertz CT molecular complexity index is 334. The van der Waals surface area contributed by atoms with E-state index < -0.39 is 25.5 Å². The lowest BCUT2D eigenvalue weighted by molar-refractivity contribution is 0.151. The predicted octanol–water partition coefficient (Wildman–Crippen LogP) is 2.66. The molecule has 0 radical (unpaired) electrons. The number of rotatable bonds is 7. The maximum atomic E-state index is 11.9. The Kier molecular flexibility index (Phi) is 5.83. The third-order valence-electron chi connectivity index (χ3n) is 4.34. The van der Waals surface area contributed by atoms with Gasteiger partial charge in [-0.1, -0.05) is 27.7 Å². The van der Waals surface area contributed by atoms with Crippen molar-refractivity contribution in [2.45, 2.75) is 58.3 Å². The van der Waals surface area contributed by atoms with Crippen LogP contribution in [0.15, 0.2) is 0 Å². The molecule has 0 bridgehead atoms. The van der Waals surface area contributed by atoms with Crippen LogP contribution in [0.5, 0.6) is 0 Å². The summed E-state index contributed by atoms with van der Waals surface area (Å²) in [4.78, 5) is 36.2. The SMILES string of the molecule is CCC(CC)(CC)C(CC)(P(=O)(O)O)P(=O)(O)O. The standard InChI is InChI=1S/C10H24O6P2/c1-5-9(6-2,7-3)10(8-4,17(11,12)13)18(14,15)16/h5-8H2,1-4H3,(H2,11,12,13)(H2,14,15,16). The molecule has 110 valence electrons. The molecule has 0 fully saturated rings. The van der Waals surface area contributed by atoms with Crippen molar-refractivity contribution in [1.82, 2.24) is 0 Å². The average Bonchev–Trinajstić information content (AvgIpc) is 2.22. The molecular weight excluding hydrogens is 278 g/mol. The van der Waals surface area contributed by atoms with Crippen LogP contribution in [0.3, 0.4) is 0 Å². The number of hydrogen-bond donors (Lipinski definition) is 4. The van der Waals surface area contributed by atoms with Crippen LogP contribution in [0, 0.1) is 5.41 Å². The summed E-state index contributed by atoms with van der Waals surface area (Å²) in [5, 5.41) is 0. The molecule has 0 aromatic heterocycles. The first-order chi connectivity index (χ1) is 7.99. The van der Waals surface area contributed by atoms with Gasteiger partial charge in [-0.2, -0.15) is 0 Å². The summed E-state index contributed by atoms with van der Waals surface area (Å²) in [5.41, 5.74) is -1.07. The van der Waals surface area contributed by atoms with Crippen LogP contribution in [-0.2, 0) is 9.13 Å². The largest absolute Gasteiger partial charge is 0.344 e. The second-order valence-corrected chi connectivity index (χ2v) is 8.65. The summed E-state index contributed by atoms with van der Waals surface area (Å²) in [6.45, 7) is 6.56. The summed E-state index contributed by atoms with van der Waals surface area (Å²) < 4.78 is 23.7. The van der Waals surface area contributed by atoms with E-state index in [2.05, 4.69) is 0 Å². The molecule has 0 aliphatic heterocycles. The van der Waals surface area contributed by atoms with Crippen molar-refractivity contribution in [1.29, 1.82) is 0 Å². The highest BCUT2D eigenvalue weighted by Crippen LogP contribution is 2.78. The molecule has 0 unspecified atom stereocenters. The summed E-state index contributed by atoms with van der Waals surface area (Å²) in [6, 6.07) is 0. The van der Waals surface area contributed by atoms with E-state index in [1.54, 1.807) is 20.8 Å². The Morgan fingerprint density at radius 1 is 0.722 bits per heavy atom. The van der Waals surface area contributed by atoms with Gasteiger partial charge in [0.2, 0.25) is 0 Å². The van der Waals surface area contributed by atoms with Crippen LogP contribution in [-0.4, -0.2) is 24.5 Å². The van der Waals surface area contributed by atoms with Gasteiger partial charge in [-0.15, -0.1) is 0 Å². The van der Waals surface area contributed by atoms with Gasteiger partial charge in [-0.05, 0) is 31.1 Å². The van der Waals surface area contributed by atoms with Gasteiger partial charge in [-0.3, -0.25) is 9.13 Å². The summed E-state index contributed by atoms with van der Waals surface area (Å²) in [5.74, 6) is 0. The van der Waals surface area contributed by atoms with Gasteiger partial charge in [0, 0.05) is 0 Å². The Hall–Kier alpha value is 0.300. The average molecular weight is 302 g/mol. The van der Waals surface area contributed by atoms with Gasteiger partial charge in [0.15, 0.2) is 4.90 Å². The molecule has 0 amide bonds. The smallest absolute Gasteiger partial charge is 0.324 e. The van der Waals surface area contributed by atoms with E-state index in [9.17, 15) is 28.7 Å². The third-order valence-corrected chi connectivity index (χ3v) is 9.41. The first-order valence-corrected chi connectivity index (χ1v) is 9.33. The Labute approximate surface area is 108 Å². The van der Waals surface area contributed by atoms with Crippen molar-refractivity contribution >= 4 is 15.2 Å². The van der Waals surface area contributed by atoms with Crippen LogP contribution in [0.25, 0.3) is 0 Å². The van der Waals surface area contributed by atoms with Crippen LogP contribution in [0.1, 0.15) is 53.4 Å². The quantitative estimate of drug-likeness (QED) is 0.537. The topological polar surface area (TPSA) is 115 Å². The Morgan fingerprint density at radius 2 is 1.00 bits per heavy atom. The fourth-order valence-electron chi connectivity index (χ4n) is 3.17. The monoisotopic (exact) mass is 302 g/mol. The second kappa shape index (κ2) is 5.74. The molecule has 4 N–H and O–H groups in total. The van der Waals surface area contributed by atoms with Crippen LogP contribution in [0.4, 0.5) is 0 Å². The van der Waals surface area contributed by atoms with Crippen molar-refractivity contribution in [3.05, 3.63) is 0 Å². The Balaban J connectivity index is 6.40. The molecule has 0 saturated heterocycles. The highest BCUT2D eigenvalue weighted by atomic mass is 31.2. The van der Waals surface area contributed by atoms with Gasteiger partial charge in [0.05, 0.1) is 0 Å². The van der Waals surface area contributed by atoms with Crippen molar-refractivity contribution in [2.75, 3.05) is 0 Å². The summed E-state index contributed by atoms with van der Waals surface area (Å²) in [7, 11) is -9.93. The highest BCUT2D eigenvalue weighted by Gasteiger charge is 2.68. The predicted molar refractivity (Wildman–Crippen MR) is 70.4 cm³/mol. The lowest BCUT2D eigenvalue weighted by atomic mass is 9.75. The highest BCUT2D eigenvalue weighted by molar-refractivity contribution is 7.72. The van der Waals surface area contributed by atoms with E-state index >= 15 is 0 Å². The van der Waals surface area contributed by atoms with Crippen molar-refractivity contribution in [2.24, 2.45) is 5.41 Å². The third kappa shape index (κ3) is 2.47. The minimum Gasteiger partial charge on any atom is -0.324 e. The zero-order valence-corrected chi connectivity index (χ0v) is 13.1. The van der Waals surface area contributed by atoms with E-state index in [4.69, 9.17) is 0 Å². The molecule has 0 aromatic rings. The van der Waals surface area contributed by atoms with Crippen molar-refractivity contribution < 1.29 is 28.7 Å². The molecule has 0 spiro atoms. The molecule has 0 aliphatic carbocycles. The summed E-state index contributed by atoms with van der Waals surface area (Å²) >= 11 is 0. The van der Waals surface area contributed by atoms with Gasteiger partial charge in [-0.25, -0.2) is 0 Å². The molecule has 0 atom stereocenters. The normalized spacial score (nSPS) is 14.9. The molecule has 0 rings (SSSR count). The Morgan fingerprint density at radius 3 is 1.06 bits per heavy atom. The minimum absolute atomic E-state index is 0.253. The fraction of sp³-hybridized carbons (Fsp3) is 1.00. The molecule has 0 aromatic carbocycles. The number of hydrogen-bond acceptors (Lipinski definition) is 2. The minimum atomic E-state index is -4.96.